The number of rotatable bonds is 24. The molecule has 1 aromatic heterocycles. The fraction of sp³-hybridized carbons (Fsp3) is 0.800. The van der Waals surface area contributed by atoms with E-state index in [9.17, 15) is 48.3 Å². The van der Waals surface area contributed by atoms with Gasteiger partial charge in [0, 0.05) is 76.1 Å². The van der Waals surface area contributed by atoms with Crippen LogP contribution >= 0.6 is 0 Å². The predicted molar refractivity (Wildman–Crippen MR) is 322 cm³/mol. The number of oxime groups is 1. The zero-order chi connectivity index (χ0) is 63.7. The largest absolute Gasteiger partial charge is 0.477 e. The fourth-order valence-electron chi connectivity index (χ4n) is 12.5. The van der Waals surface area contributed by atoms with Crippen molar-refractivity contribution in [3.8, 4) is 0 Å². The summed E-state index contributed by atoms with van der Waals surface area (Å²) in [7, 11) is 4.36. The Morgan fingerprint density at radius 1 is 0.918 bits per heavy atom. The molecular formula is C60H102N6O18S. The average Bonchev–Trinajstić information content (AvgIpc) is 1.57. The van der Waals surface area contributed by atoms with Crippen molar-refractivity contribution in [3.63, 3.8) is 0 Å². The van der Waals surface area contributed by atoms with Gasteiger partial charge in [0.25, 0.3) is 10.1 Å². The Kier molecular flexibility index (Phi) is 25.8. The first-order valence-corrected chi connectivity index (χ1v) is 31.7. The van der Waals surface area contributed by atoms with Crippen LogP contribution in [0.3, 0.4) is 0 Å². The SMILES string of the molecule is CC[C@H]1OC(=O)[C@H](C)[C@@H](O[C@H]2C[C@@](C)(OC)[C@@H](OS(=O)(=O)CCNCCCc3ccc4c(c3)c(=O)c(C(=O)O)cn4N(C)C)[C@H](C)O2)[C@H](C)[C@@H](O[C@@H]2O[C@H](C)C[C@H](N(C)C)[C@H]2O)[C@](C)(O)C[C@@H](C)/C(=N\OCCN(CC)CC)[C@H](C)[C@@H](O)[C@]1(C)O. The molecule has 25 heteroatoms. The van der Waals surface area contributed by atoms with Crippen LogP contribution in [0.5, 0.6) is 0 Å². The Morgan fingerprint density at radius 3 is 2.19 bits per heavy atom. The second-order valence-corrected chi connectivity index (χ2v) is 26.6. The van der Waals surface area contributed by atoms with Crippen molar-refractivity contribution in [2.45, 2.75) is 206 Å². The van der Waals surface area contributed by atoms with E-state index in [-0.39, 0.29) is 55.5 Å². The zero-order valence-electron chi connectivity index (χ0n) is 53.3. The minimum absolute atomic E-state index is 0.0368. The van der Waals surface area contributed by atoms with Crippen molar-refractivity contribution in [2.24, 2.45) is 28.8 Å². The summed E-state index contributed by atoms with van der Waals surface area (Å²) in [6.45, 7) is 23.7. The fourth-order valence-corrected chi connectivity index (χ4v) is 13.7. The molecule has 0 spiro atoms. The second kappa shape index (κ2) is 30.5. The van der Waals surface area contributed by atoms with Gasteiger partial charge in [0.15, 0.2) is 12.6 Å². The number of aromatic carboxylic acids is 1. The summed E-state index contributed by atoms with van der Waals surface area (Å²) in [6, 6.07) is 4.93. The summed E-state index contributed by atoms with van der Waals surface area (Å²) in [5.74, 6) is -6.20. The summed E-state index contributed by atoms with van der Waals surface area (Å²) in [4.78, 5) is 49.7. The van der Waals surface area contributed by atoms with Gasteiger partial charge in [0.2, 0.25) is 5.43 Å². The molecule has 0 radical (unpaired) electrons. The smallest absolute Gasteiger partial charge is 0.341 e. The third-order valence-electron chi connectivity index (χ3n) is 17.7. The van der Waals surface area contributed by atoms with E-state index >= 15 is 0 Å². The molecule has 0 bridgehead atoms. The van der Waals surface area contributed by atoms with Crippen LogP contribution in [0.2, 0.25) is 0 Å². The number of hydrogen-bond donors (Lipinski definition) is 6. The van der Waals surface area contributed by atoms with Crippen LogP contribution in [-0.4, -0.2) is 231 Å². The Bertz CT molecular complexity index is 2710. The number of hydrogen-bond acceptors (Lipinski definition) is 22. The molecule has 3 aliphatic heterocycles. The van der Waals surface area contributed by atoms with Gasteiger partial charge in [-0.05, 0) is 125 Å². The number of fused-ring (bicyclic) bond motifs is 1. The topological polar surface area (TPSA) is 299 Å². The molecule has 1 aromatic carbocycles. The number of aryl methyl sites for hydroxylation is 1. The normalized spacial score (nSPS) is 35.3. The minimum Gasteiger partial charge on any atom is -0.477 e. The lowest BCUT2D eigenvalue weighted by molar-refractivity contribution is -0.316. The van der Waals surface area contributed by atoms with Crippen LogP contribution in [-0.2, 0) is 58.8 Å². The summed E-state index contributed by atoms with van der Waals surface area (Å²) >= 11 is 0. The van der Waals surface area contributed by atoms with Crippen LogP contribution in [0.1, 0.15) is 131 Å². The molecule has 0 aliphatic carbocycles. The van der Waals surface area contributed by atoms with E-state index in [1.165, 1.54) is 20.2 Å². The van der Waals surface area contributed by atoms with E-state index < -0.39 is 129 Å². The number of aliphatic hydroxyl groups is 4. The minimum atomic E-state index is -4.23. The van der Waals surface area contributed by atoms with Gasteiger partial charge in [-0.1, -0.05) is 52.8 Å². The monoisotopic (exact) mass is 1230 g/mol. The number of cyclic esters (lactones) is 1. The predicted octanol–water partition coefficient (Wildman–Crippen LogP) is 3.72. The summed E-state index contributed by atoms with van der Waals surface area (Å²) in [6.07, 6.45) is -8.65. The quantitative estimate of drug-likeness (QED) is 0.0378. The molecule has 5 rings (SSSR count). The summed E-state index contributed by atoms with van der Waals surface area (Å²) in [5.41, 5.74) is -4.46. The lowest BCUT2D eigenvalue weighted by Crippen LogP contribution is -2.61. The molecule has 2 aromatic rings. The van der Waals surface area contributed by atoms with E-state index in [4.69, 9.17) is 37.4 Å². The molecule has 3 saturated heterocycles. The van der Waals surface area contributed by atoms with Crippen LogP contribution in [0.25, 0.3) is 10.9 Å². The van der Waals surface area contributed by atoms with Crippen LogP contribution in [0.15, 0.2) is 34.3 Å². The number of aliphatic hydroxyl groups excluding tert-OH is 2. The maximum atomic E-state index is 14.8. The van der Waals surface area contributed by atoms with E-state index in [0.29, 0.717) is 43.6 Å². The number of methoxy groups -OCH3 is 1. The van der Waals surface area contributed by atoms with E-state index in [0.717, 1.165) is 18.7 Å². The number of ether oxygens (including phenoxy) is 6. The molecule has 4 heterocycles. The van der Waals surface area contributed by atoms with Gasteiger partial charge in [-0.2, -0.15) is 8.42 Å². The highest BCUT2D eigenvalue weighted by molar-refractivity contribution is 7.86. The second-order valence-electron chi connectivity index (χ2n) is 24.9. The Labute approximate surface area is 503 Å². The molecule has 0 saturated carbocycles. The van der Waals surface area contributed by atoms with Gasteiger partial charge in [-0.3, -0.25) is 18.4 Å². The lowest BCUT2D eigenvalue weighted by Gasteiger charge is -2.49. The van der Waals surface area contributed by atoms with Gasteiger partial charge in [-0.25, -0.2) is 4.79 Å². The number of carboxylic acids is 1. The van der Waals surface area contributed by atoms with Gasteiger partial charge in [-0.15, -0.1) is 0 Å². The Hall–Kier alpha value is -3.93. The highest BCUT2D eigenvalue weighted by Gasteiger charge is 2.54. The van der Waals surface area contributed by atoms with E-state index in [1.807, 2.05) is 52.8 Å². The standard InChI is InChI=1S/C60H102N6O18S/c1-18-46-60(12,74)52(69)37(6)48(62-78-28-27-65(19-2)20-3)35(4)32-58(10,73)53(83-57-50(68)45(63(13)14)30-36(5)79-57)38(7)51(39(8)56(72)81-46)82-47-33-59(11,77-17)54(40(9)80-47)84-85(75,76)29-26-61-25-21-22-41-23-24-44-42(31-41)49(67)43(55(70)71)34-66(44)64(15)16/h23-24,31,34-40,45-47,50-54,57,61,68-69,73-74H,18-22,25-30,32-33H2,1-17H3,(H,70,71)/b62-48+/t35-,36-,37+,38+,39-,40+,45+,46-,47+,50-,51+,52-,53-,54+,57+,58-,59-,60-/m1/s1. The molecule has 486 valence electrons. The number of likely N-dealkylation sites (N-methyl/N-ethyl adjacent to an activating group) is 2. The van der Waals surface area contributed by atoms with Crippen molar-refractivity contribution in [3.05, 3.63) is 45.7 Å². The van der Waals surface area contributed by atoms with Crippen molar-refractivity contribution >= 4 is 38.7 Å². The van der Waals surface area contributed by atoms with E-state index in [1.54, 1.807) is 84.4 Å². The Morgan fingerprint density at radius 2 is 1.59 bits per heavy atom. The Balaban J connectivity index is 1.41. The number of esters is 1. The van der Waals surface area contributed by atoms with Gasteiger partial charge in [0.05, 0.1) is 64.6 Å². The molecule has 0 amide bonds. The van der Waals surface area contributed by atoms with Gasteiger partial charge >= 0.3 is 11.9 Å². The molecule has 3 fully saturated rings. The highest BCUT2D eigenvalue weighted by atomic mass is 32.2. The van der Waals surface area contributed by atoms with E-state index in [2.05, 4.69) is 15.4 Å². The number of benzene rings is 1. The average molecular weight is 1230 g/mol. The number of carboxylic acid groups (broad SMARTS) is 1. The summed E-state index contributed by atoms with van der Waals surface area (Å²) < 4.78 is 73.9. The van der Waals surface area contributed by atoms with Crippen molar-refractivity contribution in [2.75, 3.05) is 85.4 Å². The first-order valence-electron chi connectivity index (χ1n) is 30.2. The molecule has 85 heavy (non-hydrogen) atoms. The van der Waals surface area contributed by atoms with Crippen LogP contribution in [0, 0.1) is 23.7 Å². The van der Waals surface area contributed by atoms with Gasteiger partial charge < -0.3 is 78.9 Å². The maximum absolute atomic E-state index is 14.8. The molecule has 6 N–H and O–H groups in total. The number of pyridine rings is 1. The molecule has 3 aliphatic rings. The molecule has 0 unspecified atom stereocenters. The number of carbonyl (C=O) groups is 2. The van der Waals surface area contributed by atoms with Crippen LogP contribution in [0.4, 0.5) is 0 Å². The maximum Gasteiger partial charge on any atom is 0.341 e. The number of carbonyl (C=O) groups excluding carboxylic acids is 1. The molecule has 18 atom stereocenters. The number of nitrogens with zero attached hydrogens (tertiary/aromatic N) is 5. The van der Waals surface area contributed by atoms with Crippen LogP contribution < -0.4 is 15.8 Å². The van der Waals surface area contributed by atoms with Crippen molar-refractivity contribution in [1.82, 2.24) is 19.8 Å². The lowest BCUT2D eigenvalue weighted by atomic mass is 9.73. The van der Waals surface area contributed by atoms with Gasteiger partial charge in [0.1, 0.15) is 36.1 Å². The third kappa shape index (κ3) is 17.7. The van der Waals surface area contributed by atoms with Crippen molar-refractivity contribution in [1.29, 1.82) is 0 Å². The molecule has 24 nitrogen and oxygen atoms in total. The zero-order valence-corrected chi connectivity index (χ0v) is 54.2. The molecular weight excluding hydrogens is 1120 g/mol. The summed E-state index contributed by atoms with van der Waals surface area (Å²) in [5, 5.41) is 68.7. The first kappa shape index (κ1) is 71.8. The van der Waals surface area contributed by atoms with Crippen molar-refractivity contribution < 1.29 is 81.0 Å². The first-order chi connectivity index (χ1) is 39.7. The number of aromatic nitrogens is 1. The highest BCUT2D eigenvalue weighted by Crippen LogP contribution is 2.42. The third-order valence-corrected chi connectivity index (χ3v) is 18.9. The number of nitrogens with one attached hydrogen (secondary N) is 1.